The maximum atomic E-state index is 12.5. The summed E-state index contributed by atoms with van der Waals surface area (Å²) in [6.07, 6.45) is 3.38. The van der Waals surface area contributed by atoms with E-state index in [2.05, 4.69) is 15.7 Å². The van der Waals surface area contributed by atoms with E-state index < -0.39 is 6.04 Å². The summed E-state index contributed by atoms with van der Waals surface area (Å²) < 4.78 is 1.59. The molecular formula is C22H24N4O2S. The molecule has 1 aromatic heterocycles. The summed E-state index contributed by atoms with van der Waals surface area (Å²) >= 11 is 1.58. The van der Waals surface area contributed by atoms with Crippen molar-refractivity contribution in [3.63, 3.8) is 0 Å². The number of benzene rings is 2. The SMILES string of the molecule is CC(SCc1ccccc1)C(=O)Nc1cccc(NC(=O)C(C)n2cccn2)c1. The van der Waals surface area contributed by atoms with Crippen molar-refractivity contribution in [3.05, 3.63) is 78.6 Å². The maximum Gasteiger partial charge on any atom is 0.248 e. The van der Waals surface area contributed by atoms with Crippen LogP contribution in [0.1, 0.15) is 25.5 Å². The molecule has 7 heteroatoms. The van der Waals surface area contributed by atoms with E-state index in [1.807, 2.05) is 37.3 Å². The van der Waals surface area contributed by atoms with Crippen LogP contribution in [-0.2, 0) is 15.3 Å². The third kappa shape index (κ3) is 5.96. The topological polar surface area (TPSA) is 76.0 Å². The summed E-state index contributed by atoms with van der Waals surface area (Å²) in [6, 6.07) is 18.5. The monoisotopic (exact) mass is 408 g/mol. The van der Waals surface area contributed by atoms with Crippen LogP contribution in [0.2, 0.25) is 0 Å². The predicted molar refractivity (Wildman–Crippen MR) is 118 cm³/mol. The lowest BCUT2D eigenvalue weighted by molar-refractivity contribution is -0.119. The average Bonchev–Trinajstić information content (AvgIpc) is 3.27. The lowest BCUT2D eigenvalue weighted by Gasteiger charge is -2.15. The molecule has 0 aliphatic heterocycles. The van der Waals surface area contributed by atoms with Gasteiger partial charge < -0.3 is 10.6 Å². The Morgan fingerprint density at radius 2 is 1.66 bits per heavy atom. The second-order valence-corrected chi connectivity index (χ2v) is 7.99. The van der Waals surface area contributed by atoms with E-state index in [0.717, 1.165) is 5.75 Å². The highest BCUT2D eigenvalue weighted by Crippen LogP contribution is 2.21. The lowest BCUT2D eigenvalue weighted by Crippen LogP contribution is -2.24. The number of hydrogen-bond donors (Lipinski definition) is 2. The van der Waals surface area contributed by atoms with E-state index in [-0.39, 0.29) is 17.1 Å². The summed E-state index contributed by atoms with van der Waals surface area (Å²) in [5.41, 5.74) is 2.45. The third-order valence-electron chi connectivity index (χ3n) is 4.41. The highest BCUT2D eigenvalue weighted by atomic mass is 32.2. The van der Waals surface area contributed by atoms with E-state index in [1.54, 1.807) is 66.1 Å². The van der Waals surface area contributed by atoms with Gasteiger partial charge in [-0.3, -0.25) is 14.3 Å². The molecule has 2 unspecified atom stereocenters. The molecule has 0 spiro atoms. The van der Waals surface area contributed by atoms with Crippen molar-refractivity contribution >= 4 is 35.0 Å². The summed E-state index contributed by atoms with van der Waals surface area (Å²) in [7, 11) is 0. The number of aromatic nitrogens is 2. The first kappa shape index (κ1) is 20.7. The number of rotatable bonds is 8. The number of nitrogens with zero attached hydrogens (tertiary/aromatic N) is 2. The van der Waals surface area contributed by atoms with Gasteiger partial charge in [0.1, 0.15) is 6.04 Å². The highest BCUT2D eigenvalue weighted by molar-refractivity contribution is 7.99. The number of carbonyl (C=O) groups excluding carboxylic acids is 2. The first-order valence-electron chi connectivity index (χ1n) is 9.39. The Hall–Kier alpha value is -3.06. The van der Waals surface area contributed by atoms with Crippen LogP contribution in [0.4, 0.5) is 11.4 Å². The van der Waals surface area contributed by atoms with Crippen LogP contribution in [0.15, 0.2) is 73.1 Å². The molecule has 2 amide bonds. The number of amides is 2. The van der Waals surface area contributed by atoms with Crippen molar-refractivity contribution in [3.8, 4) is 0 Å². The van der Waals surface area contributed by atoms with Crippen molar-refractivity contribution in [1.29, 1.82) is 0 Å². The predicted octanol–water partition coefficient (Wildman–Crippen LogP) is 4.34. The minimum absolute atomic E-state index is 0.0701. The van der Waals surface area contributed by atoms with Crippen LogP contribution >= 0.6 is 11.8 Å². The van der Waals surface area contributed by atoms with E-state index in [9.17, 15) is 9.59 Å². The molecular weight excluding hydrogens is 384 g/mol. The van der Waals surface area contributed by atoms with Crippen molar-refractivity contribution in [2.45, 2.75) is 30.9 Å². The number of carbonyl (C=O) groups is 2. The Balaban J connectivity index is 1.54. The molecule has 2 aromatic carbocycles. The van der Waals surface area contributed by atoms with Crippen LogP contribution in [0.5, 0.6) is 0 Å². The second kappa shape index (κ2) is 9.93. The number of hydrogen-bond acceptors (Lipinski definition) is 4. The van der Waals surface area contributed by atoms with Gasteiger partial charge in [0.2, 0.25) is 11.8 Å². The van der Waals surface area contributed by atoms with Crippen LogP contribution in [0.3, 0.4) is 0 Å². The second-order valence-electron chi connectivity index (χ2n) is 6.66. The summed E-state index contributed by atoms with van der Waals surface area (Å²) in [6.45, 7) is 3.67. The summed E-state index contributed by atoms with van der Waals surface area (Å²) in [5, 5.41) is 9.67. The van der Waals surface area contributed by atoms with Gasteiger partial charge in [0.25, 0.3) is 0 Å². The molecule has 1 heterocycles. The maximum absolute atomic E-state index is 12.5. The zero-order chi connectivity index (χ0) is 20.6. The van der Waals surface area contributed by atoms with Gasteiger partial charge in [0, 0.05) is 29.5 Å². The van der Waals surface area contributed by atoms with Crippen LogP contribution in [-0.4, -0.2) is 26.8 Å². The fourth-order valence-electron chi connectivity index (χ4n) is 2.67. The standard InChI is InChI=1S/C22H24N4O2S/c1-16(26-13-7-12-23-26)21(27)24-19-10-6-11-20(14-19)25-22(28)17(2)29-15-18-8-4-3-5-9-18/h3-14,16-17H,15H2,1-2H3,(H,24,27)(H,25,28). The lowest BCUT2D eigenvalue weighted by atomic mass is 10.2. The van der Waals surface area contributed by atoms with E-state index >= 15 is 0 Å². The van der Waals surface area contributed by atoms with E-state index in [4.69, 9.17) is 0 Å². The Morgan fingerprint density at radius 3 is 2.31 bits per heavy atom. The zero-order valence-corrected chi connectivity index (χ0v) is 17.2. The molecule has 2 atom stereocenters. The van der Waals surface area contributed by atoms with E-state index in [0.29, 0.717) is 11.4 Å². The smallest absolute Gasteiger partial charge is 0.248 e. The van der Waals surface area contributed by atoms with Gasteiger partial charge in [0.05, 0.1) is 5.25 Å². The Morgan fingerprint density at radius 1 is 0.966 bits per heavy atom. The molecule has 6 nitrogen and oxygen atoms in total. The highest BCUT2D eigenvalue weighted by Gasteiger charge is 2.16. The quantitative estimate of drug-likeness (QED) is 0.581. The van der Waals surface area contributed by atoms with Gasteiger partial charge in [-0.1, -0.05) is 36.4 Å². The number of anilines is 2. The van der Waals surface area contributed by atoms with Crippen molar-refractivity contribution in [2.24, 2.45) is 0 Å². The molecule has 0 bridgehead atoms. The van der Waals surface area contributed by atoms with E-state index in [1.165, 1.54) is 5.56 Å². The fraction of sp³-hybridized carbons (Fsp3) is 0.227. The molecule has 150 valence electrons. The molecule has 0 saturated heterocycles. The molecule has 3 aromatic rings. The van der Waals surface area contributed by atoms with Crippen molar-refractivity contribution in [1.82, 2.24) is 9.78 Å². The molecule has 0 fully saturated rings. The number of nitrogens with one attached hydrogen (secondary N) is 2. The van der Waals surface area contributed by atoms with Gasteiger partial charge in [-0.05, 0) is 43.7 Å². The number of thioether (sulfide) groups is 1. The Labute approximate surface area is 174 Å². The fourth-order valence-corrected chi connectivity index (χ4v) is 3.51. The van der Waals surface area contributed by atoms with Crippen LogP contribution in [0.25, 0.3) is 0 Å². The normalized spacial score (nSPS) is 12.8. The average molecular weight is 409 g/mol. The molecule has 29 heavy (non-hydrogen) atoms. The molecule has 0 aliphatic rings. The summed E-state index contributed by atoms with van der Waals surface area (Å²) in [5.74, 6) is 0.528. The first-order chi connectivity index (χ1) is 14.0. The molecule has 0 radical (unpaired) electrons. The molecule has 0 saturated carbocycles. The Bertz CT molecular complexity index is 944. The van der Waals surface area contributed by atoms with Crippen LogP contribution < -0.4 is 10.6 Å². The molecule has 0 aliphatic carbocycles. The largest absolute Gasteiger partial charge is 0.325 e. The van der Waals surface area contributed by atoms with Gasteiger partial charge in [-0.2, -0.15) is 5.10 Å². The van der Waals surface area contributed by atoms with Gasteiger partial charge >= 0.3 is 0 Å². The summed E-state index contributed by atoms with van der Waals surface area (Å²) in [4.78, 5) is 24.9. The molecule has 3 rings (SSSR count). The first-order valence-corrected chi connectivity index (χ1v) is 10.4. The van der Waals surface area contributed by atoms with Crippen molar-refractivity contribution in [2.75, 3.05) is 10.6 Å². The van der Waals surface area contributed by atoms with Gasteiger partial charge in [0.15, 0.2) is 0 Å². The van der Waals surface area contributed by atoms with Crippen molar-refractivity contribution < 1.29 is 9.59 Å². The zero-order valence-electron chi connectivity index (χ0n) is 16.4. The minimum atomic E-state index is -0.433. The third-order valence-corrected chi connectivity index (χ3v) is 5.62. The molecule has 2 N–H and O–H groups in total. The van der Waals surface area contributed by atoms with Gasteiger partial charge in [-0.25, -0.2) is 0 Å². The van der Waals surface area contributed by atoms with Crippen LogP contribution in [0, 0.1) is 0 Å². The van der Waals surface area contributed by atoms with Gasteiger partial charge in [-0.15, -0.1) is 11.8 Å². The minimum Gasteiger partial charge on any atom is -0.325 e. The Kier molecular flexibility index (Phi) is 7.08.